The first-order valence-corrected chi connectivity index (χ1v) is 5.12. The summed E-state index contributed by atoms with van der Waals surface area (Å²) in [5, 5.41) is 8.40. The van der Waals surface area contributed by atoms with Crippen molar-refractivity contribution < 1.29 is 19.1 Å². The van der Waals surface area contributed by atoms with Crippen LogP contribution in [-0.4, -0.2) is 21.8 Å². The standard InChI is InChI=1S/C13H9NO4/c15-11(13(16)17)5-3-10-4-6-12(18-10)9-2-1-7-14-8-9/h1-8H,(H,16,17)/b5-3+. The molecule has 0 unspecified atom stereocenters. The van der Waals surface area contributed by atoms with Crippen LogP contribution in [0.2, 0.25) is 0 Å². The molecule has 2 rings (SSSR count). The summed E-state index contributed by atoms with van der Waals surface area (Å²) in [5.41, 5.74) is 0.807. The van der Waals surface area contributed by atoms with E-state index in [1.54, 1.807) is 30.6 Å². The van der Waals surface area contributed by atoms with Crippen LogP contribution in [0.5, 0.6) is 0 Å². The fourth-order valence-corrected chi connectivity index (χ4v) is 1.34. The van der Waals surface area contributed by atoms with Gasteiger partial charge in [0, 0.05) is 18.0 Å². The first-order chi connectivity index (χ1) is 8.66. The predicted molar refractivity (Wildman–Crippen MR) is 63.6 cm³/mol. The minimum absolute atomic E-state index is 0.406. The molecule has 0 aromatic carbocycles. The molecule has 0 amide bonds. The largest absolute Gasteiger partial charge is 0.475 e. The molecular formula is C13H9NO4. The molecule has 0 fully saturated rings. The lowest BCUT2D eigenvalue weighted by atomic mass is 10.2. The van der Waals surface area contributed by atoms with Gasteiger partial charge in [-0.15, -0.1) is 0 Å². The maximum Gasteiger partial charge on any atom is 0.376 e. The fourth-order valence-electron chi connectivity index (χ4n) is 1.34. The highest BCUT2D eigenvalue weighted by Crippen LogP contribution is 2.21. The predicted octanol–water partition coefficient (Wildman–Crippen LogP) is 2.01. The summed E-state index contributed by atoms with van der Waals surface area (Å²) >= 11 is 0. The highest BCUT2D eigenvalue weighted by molar-refractivity contribution is 6.38. The molecule has 18 heavy (non-hydrogen) atoms. The second kappa shape index (κ2) is 5.09. The molecule has 90 valence electrons. The van der Waals surface area contributed by atoms with E-state index in [9.17, 15) is 9.59 Å². The second-order valence-corrected chi connectivity index (χ2v) is 3.45. The molecule has 2 aromatic heterocycles. The number of rotatable bonds is 4. The number of pyridine rings is 1. The number of carbonyl (C=O) groups excluding carboxylic acids is 1. The summed E-state index contributed by atoms with van der Waals surface area (Å²) in [6.07, 6.45) is 5.57. The van der Waals surface area contributed by atoms with Gasteiger partial charge in [-0.2, -0.15) is 0 Å². The molecule has 0 aliphatic carbocycles. The quantitative estimate of drug-likeness (QED) is 0.656. The van der Waals surface area contributed by atoms with Crippen molar-refractivity contribution in [3.05, 3.63) is 48.5 Å². The molecule has 2 aromatic rings. The van der Waals surface area contributed by atoms with Crippen LogP contribution in [0, 0.1) is 0 Å². The Balaban J connectivity index is 2.17. The Labute approximate surface area is 102 Å². The summed E-state index contributed by atoms with van der Waals surface area (Å²) in [6.45, 7) is 0. The first kappa shape index (κ1) is 11.8. The third-order valence-electron chi connectivity index (χ3n) is 2.18. The molecule has 2 heterocycles. The Kier molecular flexibility index (Phi) is 3.33. The Hall–Kier alpha value is -2.69. The Morgan fingerprint density at radius 2 is 2.11 bits per heavy atom. The smallest absolute Gasteiger partial charge is 0.376 e. The van der Waals surface area contributed by atoms with Gasteiger partial charge in [-0.3, -0.25) is 9.78 Å². The van der Waals surface area contributed by atoms with Gasteiger partial charge in [0.25, 0.3) is 5.78 Å². The summed E-state index contributed by atoms with van der Waals surface area (Å²) in [6, 6.07) is 6.99. The van der Waals surface area contributed by atoms with Crippen molar-refractivity contribution in [3.8, 4) is 11.3 Å². The number of hydrogen-bond donors (Lipinski definition) is 1. The van der Waals surface area contributed by atoms with Gasteiger partial charge in [-0.05, 0) is 36.4 Å². The molecule has 0 radical (unpaired) electrons. The van der Waals surface area contributed by atoms with Gasteiger partial charge in [0.05, 0.1) is 0 Å². The van der Waals surface area contributed by atoms with E-state index in [1.807, 2.05) is 6.07 Å². The monoisotopic (exact) mass is 243 g/mol. The Bertz CT molecular complexity index is 598. The Morgan fingerprint density at radius 3 is 2.78 bits per heavy atom. The molecule has 0 aliphatic rings. The van der Waals surface area contributed by atoms with Crippen LogP contribution in [0.15, 0.2) is 47.2 Å². The number of ketones is 1. The number of carboxylic acids is 1. The van der Waals surface area contributed by atoms with Gasteiger partial charge < -0.3 is 9.52 Å². The second-order valence-electron chi connectivity index (χ2n) is 3.45. The van der Waals surface area contributed by atoms with Crippen molar-refractivity contribution in [2.75, 3.05) is 0 Å². The van der Waals surface area contributed by atoms with E-state index in [1.165, 1.54) is 6.08 Å². The van der Waals surface area contributed by atoms with E-state index in [-0.39, 0.29) is 0 Å². The van der Waals surface area contributed by atoms with Crippen molar-refractivity contribution in [3.63, 3.8) is 0 Å². The molecular weight excluding hydrogens is 234 g/mol. The van der Waals surface area contributed by atoms with E-state index < -0.39 is 11.8 Å². The van der Waals surface area contributed by atoms with Crippen LogP contribution in [0.1, 0.15) is 5.76 Å². The highest BCUT2D eigenvalue weighted by atomic mass is 16.4. The molecule has 0 saturated carbocycles. The van der Waals surface area contributed by atoms with E-state index in [2.05, 4.69) is 4.98 Å². The first-order valence-electron chi connectivity index (χ1n) is 5.12. The third-order valence-corrected chi connectivity index (χ3v) is 2.18. The van der Waals surface area contributed by atoms with Gasteiger partial charge in [0.15, 0.2) is 0 Å². The molecule has 5 nitrogen and oxygen atoms in total. The molecule has 0 atom stereocenters. The van der Waals surface area contributed by atoms with Crippen LogP contribution >= 0.6 is 0 Å². The van der Waals surface area contributed by atoms with E-state index in [0.717, 1.165) is 11.6 Å². The lowest BCUT2D eigenvalue weighted by Crippen LogP contribution is -2.08. The number of nitrogens with zero attached hydrogens (tertiary/aromatic N) is 1. The number of aliphatic carboxylic acids is 1. The average Bonchev–Trinajstić information content (AvgIpc) is 2.85. The lowest BCUT2D eigenvalue weighted by molar-refractivity contribution is -0.146. The molecule has 0 spiro atoms. The number of hydrogen-bond acceptors (Lipinski definition) is 4. The minimum atomic E-state index is -1.50. The SMILES string of the molecule is O=C(O)C(=O)/C=C/c1ccc(-c2cccnc2)o1. The molecule has 0 saturated heterocycles. The topological polar surface area (TPSA) is 80.4 Å². The van der Waals surface area contributed by atoms with Crippen LogP contribution < -0.4 is 0 Å². The summed E-state index contributed by atoms with van der Waals surface area (Å²) in [7, 11) is 0. The number of carboxylic acid groups (broad SMARTS) is 1. The zero-order valence-electron chi connectivity index (χ0n) is 9.24. The maximum absolute atomic E-state index is 10.9. The van der Waals surface area contributed by atoms with Gasteiger partial charge in [0.2, 0.25) is 0 Å². The van der Waals surface area contributed by atoms with Crippen LogP contribution in [0.4, 0.5) is 0 Å². The van der Waals surface area contributed by atoms with Crippen LogP contribution in [0.25, 0.3) is 17.4 Å². The van der Waals surface area contributed by atoms with E-state index >= 15 is 0 Å². The van der Waals surface area contributed by atoms with Gasteiger partial charge in [-0.25, -0.2) is 4.79 Å². The zero-order chi connectivity index (χ0) is 13.0. The maximum atomic E-state index is 10.9. The highest BCUT2D eigenvalue weighted by Gasteiger charge is 2.07. The van der Waals surface area contributed by atoms with E-state index in [0.29, 0.717) is 11.5 Å². The summed E-state index contributed by atoms with van der Waals surface area (Å²) in [4.78, 5) is 25.1. The number of carbonyl (C=O) groups is 2. The van der Waals surface area contributed by atoms with Crippen molar-refractivity contribution in [1.29, 1.82) is 0 Å². The summed E-state index contributed by atoms with van der Waals surface area (Å²) < 4.78 is 5.43. The van der Waals surface area contributed by atoms with Crippen molar-refractivity contribution in [2.24, 2.45) is 0 Å². The fraction of sp³-hybridized carbons (Fsp3) is 0. The summed E-state index contributed by atoms with van der Waals surface area (Å²) in [5.74, 6) is -1.48. The average molecular weight is 243 g/mol. The van der Waals surface area contributed by atoms with E-state index in [4.69, 9.17) is 9.52 Å². The van der Waals surface area contributed by atoms with Gasteiger partial charge in [0.1, 0.15) is 11.5 Å². The van der Waals surface area contributed by atoms with Gasteiger partial charge >= 0.3 is 5.97 Å². The number of furan rings is 1. The normalized spacial score (nSPS) is 10.7. The molecule has 1 N–H and O–H groups in total. The van der Waals surface area contributed by atoms with Gasteiger partial charge in [-0.1, -0.05) is 0 Å². The van der Waals surface area contributed by atoms with Crippen LogP contribution in [0.3, 0.4) is 0 Å². The molecule has 0 aliphatic heterocycles. The van der Waals surface area contributed by atoms with Crippen LogP contribution in [-0.2, 0) is 9.59 Å². The van der Waals surface area contributed by atoms with Crippen molar-refractivity contribution >= 4 is 17.8 Å². The number of aromatic nitrogens is 1. The van der Waals surface area contributed by atoms with Crippen molar-refractivity contribution in [2.45, 2.75) is 0 Å². The molecule has 0 bridgehead atoms. The lowest BCUT2D eigenvalue weighted by Gasteiger charge is -1.93. The minimum Gasteiger partial charge on any atom is -0.475 e. The Morgan fingerprint density at radius 1 is 1.28 bits per heavy atom. The van der Waals surface area contributed by atoms with Crippen molar-refractivity contribution in [1.82, 2.24) is 4.98 Å². The molecule has 5 heteroatoms. The zero-order valence-corrected chi connectivity index (χ0v) is 9.24. The third kappa shape index (κ3) is 2.70.